The summed E-state index contributed by atoms with van der Waals surface area (Å²) in [6.45, 7) is 6.14. The number of nitrogens with zero attached hydrogens (tertiary/aromatic N) is 9. The number of carbonyl (C=O) groups is 12. The van der Waals surface area contributed by atoms with Crippen LogP contribution in [0.25, 0.3) is 0 Å². The van der Waals surface area contributed by atoms with Crippen molar-refractivity contribution in [1.82, 2.24) is 60.0 Å². The first kappa shape index (κ1) is 81.4. The number of likely N-dealkylation sites (N-methyl/N-ethyl adjacent to an activating group) is 7. The molecule has 8 rings (SSSR count). The average molecular weight is 1460 g/mol. The molecule has 4 heterocycles. The van der Waals surface area contributed by atoms with Crippen molar-refractivity contribution >= 4 is 82.6 Å². The number of thioether (sulfide) groups is 1. The molecule has 25 nitrogen and oxygen atoms in total. The van der Waals surface area contributed by atoms with Crippen LogP contribution >= 0.6 is 11.8 Å². The first-order chi connectivity index (χ1) is 48.2. The van der Waals surface area contributed by atoms with E-state index in [0.29, 0.717) is 56.1 Å². The maximum absolute atomic E-state index is 15.6. The quantitative estimate of drug-likeness (QED) is 0.226. The number of hydrogen-bond acceptors (Lipinski definition) is 14. The molecule has 574 valence electrons. The van der Waals surface area contributed by atoms with Crippen LogP contribution in [-0.2, 0) is 62.3 Å². The maximum atomic E-state index is 15.6. The Morgan fingerprint density at radius 3 is 1.91 bits per heavy atom. The first-order valence-corrected chi connectivity index (χ1v) is 38.9. The third-order valence-corrected chi connectivity index (χ3v) is 25.7. The highest BCUT2D eigenvalue weighted by molar-refractivity contribution is 8.00. The van der Waals surface area contributed by atoms with Gasteiger partial charge in [0.05, 0.1) is 31.5 Å². The number of ether oxygens (including phenoxy) is 1. The summed E-state index contributed by atoms with van der Waals surface area (Å²) in [6, 6.07) is -9.84. The van der Waals surface area contributed by atoms with Crippen LogP contribution in [0.3, 0.4) is 0 Å². The van der Waals surface area contributed by atoms with Crippen LogP contribution in [-0.4, -0.2) is 281 Å². The topological polar surface area (TPSA) is 279 Å². The molecule has 13 atom stereocenters. The van der Waals surface area contributed by atoms with Gasteiger partial charge < -0.3 is 64.8 Å². The molecule has 4 saturated heterocycles. The molecule has 0 aromatic carbocycles. The second-order valence-electron chi connectivity index (χ2n) is 31.1. The summed E-state index contributed by atoms with van der Waals surface area (Å²) in [5.41, 5.74) is -1.52. The van der Waals surface area contributed by atoms with Crippen LogP contribution in [0.5, 0.6) is 0 Å². The van der Waals surface area contributed by atoms with Crippen molar-refractivity contribution < 1.29 is 75.4 Å². The molecule has 4 saturated carbocycles. The first-order valence-electron chi connectivity index (χ1n) is 37.8. The maximum Gasteiger partial charge on any atom is 0.391 e. The fourth-order valence-corrected chi connectivity index (χ4v) is 19.1. The Labute approximate surface area is 605 Å². The molecule has 3 N–H and O–H groups in total. The van der Waals surface area contributed by atoms with Crippen LogP contribution in [0.4, 0.5) is 13.2 Å². The van der Waals surface area contributed by atoms with Crippen LogP contribution < -0.4 is 16.0 Å². The highest BCUT2D eigenvalue weighted by atomic mass is 32.2. The third-order valence-electron chi connectivity index (χ3n) is 24.2. The molecule has 8 fully saturated rings. The largest absolute Gasteiger partial charge is 0.391 e. The zero-order valence-corrected chi connectivity index (χ0v) is 63.3. The van der Waals surface area contributed by atoms with Crippen molar-refractivity contribution in [2.75, 3.05) is 94.9 Å². The van der Waals surface area contributed by atoms with Gasteiger partial charge in [-0.05, 0) is 164 Å². The summed E-state index contributed by atoms with van der Waals surface area (Å²) in [4.78, 5) is 192. The molecule has 3 unspecified atom stereocenters. The van der Waals surface area contributed by atoms with Crippen LogP contribution in [0.15, 0.2) is 0 Å². The highest BCUT2D eigenvalue weighted by Gasteiger charge is 2.54. The Kier molecular flexibility index (Phi) is 28.5. The van der Waals surface area contributed by atoms with E-state index in [4.69, 9.17) is 4.74 Å². The van der Waals surface area contributed by atoms with Crippen molar-refractivity contribution in [2.24, 2.45) is 35.5 Å². The lowest BCUT2D eigenvalue weighted by Gasteiger charge is -2.46. The van der Waals surface area contributed by atoms with Crippen molar-refractivity contribution in [3.63, 3.8) is 0 Å². The van der Waals surface area contributed by atoms with Gasteiger partial charge in [0.25, 0.3) is 0 Å². The fraction of sp³-hybridized carbons (Fsp3) is 0.836. The summed E-state index contributed by atoms with van der Waals surface area (Å²) < 4.78 is 48.4. The summed E-state index contributed by atoms with van der Waals surface area (Å²) >= 11 is 1.96. The van der Waals surface area contributed by atoms with Crippen LogP contribution in [0.1, 0.15) is 188 Å². The molecule has 8 aliphatic rings. The molecule has 0 radical (unpaired) electrons. The van der Waals surface area contributed by atoms with Gasteiger partial charge >= 0.3 is 6.18 Å². The van der Waals surface area contributed by atoms with Gasteiger partial charge in [-0.3, -0.25) is 57.5 Å². The molecule has 0 aromatic heterocycles. The van der Waals surface area contributed by atoms with Crippen molar-refractivity contribution in [3.8, 4) is 0 Å². The second-order valence-corrected chi connectivity index (χ2v) is 32.5. The SMILES string of the molecule is CCO[C@@H]1C[C@H]2C(=O)NC3(CCC3)C(=O)N(C)[C@@H](C3CCCC3)C(=O)N(C)[C@H](C(=O)N(C)C)CC(=O)N(C)[C@@H](CC)C(=O)N[C@@H]([C@@H](C)CC)C(=O)N(C)CC(=O)N(C)[C@H]3CCCCN(C3=O)[C@@H](CC3CCC(C(F)(F)F)CC3)C(=O)N(C)CC(=O)N[C@@H](CCC3CCC4CCSC4C3)C(=O)N2C1. The molecular formula is C73H117F3N12O13S. The van der Waals surface area contributed by atoms with Crippen LogP contribution in [0.2, 0.25) is 0 Å². The van der Waals surface area contributed by atoms with E-state index in [1.54, 1.807) is 20.8 Å². The Hall–Kier alpha value is -6.26. The van der Waals surface area contributed by atoms with Gasteiger partial charge in [-0.2, -0.15) is 24.9 Å². The molecule has 4 aliphatic carbocycles. The minimum Gasteiger partial charge on any atom is -0.377 e. The van der Waals surface area contributed by atoms with E-state index in [0.717, 1.165) is 54.1 Å². The number of halogens is 3. The number of rotatable bonds is 12. The molecule has 1 spiro atoms. The summed E-state index contributed by atoms with van der Waals surface area (Å²) in [5, 5.41) is 9.39. The Morgan fingerprint density at radius 1 is 0.637 bits per heavy atom. The highest BCUT2D eigenvalue weighted by Crippen LogP contribution is 2.46. The van der Waals surface area contributed by atoms with Crippen molar-refractivity contribution in [3.05, 3.63) is 0 Å². The van der Waals surface area contributed by atoms with Gasteiger partial charge in [0, 0.05) is 87.7 Å². The van der Waals surface area contributed by atoms with E-state index in [1.165, 1.54) is 90.7 Å². The zero-order chi connectivity index (χ0) is 74.8. The molecular weight excluding hydrogens is 1340 g/mol. The minimum absolute atomic E-state index is 0.0338. The number of hydrogen-bond donors (Lipinski definition) is 3. The predicted octanol–water partition coefficient (Wildman–Crippen LogP) is 5.21. The summed E-state index contributed by atoms with van der Waals surface area (Å²) in [7, 11) is 11.5. The zero-order valence-electron chi connectivity index (χ0n) is 62.5. The van der Waals surface area contributed by atoms with E-state index in [2.05, 4.69) is 16.0 Å². The molecule has 4 aliphatic heterocycles. The van der Waals surface area contributed by atoms with Gasteiger partial charge in [-0.25, -0.2) is 0 Å². The van der Waals surface area contributed by atoms with E-state index in [9.17, 15) is 41.9 Å². The van der Waals surface area contributed by atoms with Gasteiger partial charge in [0.15, 0.2) is 0 Å². The van der Waals surface area contributed by atoms with Crippen molar-refractivity contribution in [2.45, 2.75) is 260 Å². The molecule has 102 heavy (non-hydrogen) atoms. The average Bonchev–Trinajstić information content (AvgIpc) is 1.15. The van der Waals surface area contributed by atoms with Gasteiger partial charge in [0.2, 0.25) is 70.9 Å². The smallest absolute Gasteiger partial charge is 0.377 e. The number of alkyl halides is 3. The predicted molar refractivity (Wildman–Crippen MR) is 377 cm³/mol. The van der Waals surface area contributed by atoms with E-state index < -0.39 is 174 Å². The van der Waals surface area contributed by atoms with Crippen molar-refractivity contribution in [1.29, 1.82) is 0 Å². The summed E-state index contributed by atoms with van der Waals surface area (Å²) in [5.74, 6) is -8.57. The normalized spacial score (nSPS) is 32.4. The lowest BCUT2D eigenvalue weighted by molar-refractivity contribution is -0.184. The standard InChI is InChI=1S/C73H117F3N12O13S/c1-13-44(4)61-69(98)82(8)43-60(91)84(10)53-23-18-19-35-87(68(53)97)56(37-45-25-29-49(30-26-45)73(74,75)76)67(96)81(7)42-58(89)77-51(31-27-46-24-28-47-32-36-102-57(47)38-46)65(94)88-41-50(101-15-3)39-54(88)64(93)79-72(33-20-34-72)71(100)86(12)62(48-21-16-17-22-48)70(99)85(11)55(66(95)80(5)6)40-59(90)83(9)52(14-2)63(92)78-61/h44-57,61-62H,13-43H2,1-12H3,(H,77,89)(H,78,92)(H,79,93)/t44-,45?,46?,47?,49?,50+,51-,52-,53-,54-,55-,56-,57?,61-,62-/m0/s1. The number of amides is 12. The number of carbonyl (C=O) groups excluding carboxylic acids is 12. The lowest BCUT2D eigenvalue weighted by Crippen LogP contribution is -2.68. The molecule has 0 aromatic rings. The Balaban J connectivity index is 1.17. The molecule has 2 bridgehead atoms. The molecule has 29 heteroatoms. The Morgan fingerprint density at radius 2 is 1.29 bits per heavy atom. The van der Waals surface area contributed by atoms with Crippen LogP contribution in [0, 0.1) is 35.5 Å². The van der Waals surface area contributed by atoms with Gasteiger partial charge in [-0.15, -0.1) is 0 Å². The Bertz CT molecular complexity index is 3020. The van der Waals surface area contributed by atoms with Gasteiger partial charge in [-0.1, -0.05) is 46.5 Å². The fourth-order valence-electron chi connectivity index (χ4n) is 17.4. The number of nitrogens with one attached hydrogen (secondary N) is 3. The summed E-state index contributed by atoms with van der Waals surface area (Å²) in [6.07, 6.45) is 4.09. The minimum atomic E-state index is -4.42. The second kappa shape index (κ2) is 35.7. The van der Waals surface area contributed by atoms with Gasteiger partial charge in [0.1, 0.15) is 53.9 Å². The van der Waals surface area contributed by atoms with E-state index in [1.807, 2.05) is 18.7 Å². The monoisotopic (exact) mass is 1460 g/mol. The van der Waals surface area contributed by atoms with E-state index in [-0.39, 0.29) is 102 Å². The molecule has 12 amide bonds. The lowest BCUT2D eigenvalue weighted by atomic mass is 9.74. The number of fused-ring (bicyclic) bond motifs is 4. The van der Waals surface area contributed by atoms with E-state index >= 15 is 28.8 Å². The third kappa shape index (κ3) is 19.0.